The van der Waals surface area contributed by atoms with Gasteiger partial charge in [-0.05, 0) is 27.9 Å². The summed E-state index contributed by atoms with van der Waals surface area (Å²) in [6, 6.07) is 1.36. The fraction of sp³-hybridized carbons (Fsp3) is 0.429. The largest absolute Gasteiger partial charge is 0.293 e. The standard InChI is InChI=1S/C14H16BrFN2O/c1-7(2)11-12(13(19)8(3)4)18-6-9(15)5-10(16)14(18)17-11/h5-8H,1-4H3. The van der Waals surface area contributed by atoms with Crippen LogP contribution in [0.5, 0.6) is 0 Å². The van der Waals surface area contributed by atoms with Crippen molar-refractivity contribution in [3.63, 3.8) is 0 Å². The van der Waals surface area contributed by atoms with Crippen molar-refractivity contribution in [2.24, 2.45) is 5.92 Å². The van der Waals surface area contributed by atoms with Gasteiger partial charge < -0.3 is 0 Å². The highest BCUT2D eigenvalue weighted by atomic mass is 79.9. The van der Waals surface area contributed by atoms with Crippen molar-refractivity contribution in [1.29, 1.82) is 0 Å². The second-order valence-corrected chi connectivity index (χ2v) is 6.13. The van der Waals surface area contributed by atoms with Gasteiger partial charge in [-0.1, -0.05) is 27.7 Å². The van der Waals surface area contributed by atoms with E-state index in [4.69, 9.17) is 0 Å². The lowest BCUT2D eigenvalue weighted by Crippen LogP contribution is -2.13. The second-order valence-electron chi connectivity index (χ2n) is 5.22. The molecular weight excluding hydrogens is 311 g/mol. The number of carbonyl (C=O) groups is 1. The highest BCUT2D eigenvalue weighted by Gasteiger charge is 2.24. The molecule has 0 aliphatic rings. The highest BCUT2D eigenvalue weighted by Crippen LogP contribution is 2.26. The van der Waals surface area contributed by atoms with Crippen LogP contribution in [0.2, 0.25) is 0 Å². The molecule has 0 fully saturated rings. The summed E-state index contributed by atoms with van der Waals surface area (Å²) in [6.45, 7) is 7.57. The molecular formula is C14H16BrFN2O. The summed E-state index contributed by atoms with van der Waals surface area (Å²) in [7, 11) is 0. The number of halogens is 2. The van der Waals surface area contributed by atoms with E-state index in [-0.39, 0.29) is 23.3 Å². The predicted molar refractivity (Wildman–Crippen MR) is 76.1 cm³/mol. The van der Waals surface area contributed by atoms with Gasteiger partial charge in [0.25, 0.3) is 0 Å². The number of pyridine rings is 1. The van der Waals surface area contributed by atoms with Crippen LogP contribution in [0.25, 0.3) is 5.65 Å². The molecule has 0 unspecified atom stereocenters. The van der Waals surface area contributed by atoms with Crippen LogP contribution in [0.1, 0.15) is 49.8 Å². The molecule has 0 saturated heterocycles. The zero-order valence-corrected chi connectivity index (χ0v) is 13.0. The van der Waals surface area contributed by atoms with Gasteiger partial charge in [-0.25, -0.2) is 9.37 Å². The molecule has 0 radical (unpaired) electrons. The molecule has 0 spiro atoms. The van der Waals surface area contributed by atoms with Gasteiger partial charge in [0.05, 0.1) is 5.69 Å². The molecule has 0 amide bonds. The first-order valence-electron chi connectivity index (χ1n) is 6.24. The maximum absolute atomic E-state index is 13.9. The topological polar surface area (TPSA) is 34.4 Å². The van der Waals surface area contributed by atoms with Crippen molar-refractivity contribution in [3.05, 3.63) is 33.9 Å². The number of hydrogen-bond donors (Lipinski definition) is 0. The molecule has 0 aromatic carbocycles. The van der Waals surface area contributed by atoms with Crippen LogP contribution < -0.4 is 0 Å². The van der Waals surface area contributed by atoms with Crippen LogP contribution >= 0.6 is 15.9 Å². The normalized spacial score (nSPS) is 11.8. The molecule has 5 heteroatoms. The number of carbonyl (C=O) groups excluding carboxylic acids is 1. The smallest absolute Gasteiger partial charge is 0.184 e. The maximum Gasteiger partial charge on any atom is 0.184 e. The zero-order chi connectivity index (χ0) is 14.3. The third kappa shape index (κ3) is 2.43. The van der Waals surface area contributed by atoms with Crippen LogP contribution in [0.4, 0.5) is 4.39 Å². The molecule has 0 aliphatic carbocycles. The minimum atomic E-state index is -0.431. The highest BCUT2D eigenvalue weighted by molar-refractivity contribution is 9.10. The number of nitrogens with zero attached hydrogens (tertiary/aromatic N) is 2. The van der Waals surface area contributed by atoms with E-state index in [0.29, 0.717) is 15.9 Å². The van der Waals surface area contributed by atoms with Gasteiger partial charge in [0.1, 0.15) is 5.69 Å². The van der Waals surface area contributed by atoms with E-state index in [1.165, 1.54) is 6.07 Å². The Kier molecular flexibility index (Phi) is 3.76. The molecule has 3 nitrogen and oxygen atoms in total. The fourth-order valence-electron chi connectivity index (χ4n) is 2.01. The van der Waals surface area contributed by atoms with Crippen LogP contribution in [0.3, 0.4) is 0 Å². The van der Waals surface area contributed by atoms with Gasteiger partial charge >= 0.3 is 0 Å². The Morgan fingerprint density at radius 2 is 2.00 bits per heavy atom. The molecule has 0 atom stereocenters. The number of fused-ring (bicyclic) bond motifs is 1. The summed E-state index contributed by atoms with van der Waals surface area (Å²) in [5.74, 6) is -0.539. The average molecular weight is 327 g/mol. The molecule has 0 aliphatic heterocycles. The molecule has 0 N–H and O–H groups in total. The summed E-state index contributed by atoms with van der Waals surface area (Å²) in [5, 5.41) is 0. The van der Waals surface area contributed by atoms with Crippen molar-refractivity contribution in [1.82, 2.24) is 9.38 Å². The quantitative estimate of drug-likeness (QED) is 0.792. The van der Waals surface area contributed by atoms with Gasteiger partial charge in [0.2, 0.25) is 0 Å². The average Bonchev–Trinajstić information content (AvgIpc) is 2.67. The number of aromatic nitrogens is 2. The number of imidazole rings is 1. The Hall–Kier alpha value is -1.23. The Morgan fingerprint density at radius 3 is 2.53 bits per heavy atom. The Labute approximate surface area is 120 Å². The molecule has 102 valence electrons. The van der Waals surface area contributed by atoms with Crippen molar-refractivity contribution in [3.8, 4) is 0 Å². The minimum Gasteiger partial charge on any atom is -0.293 e. The predicted octanol–water partition coefficient (Wildman–Crippen LogP) is 4.20. The molecule has 2 rings (SSSR count). The van der Waals surface area contributed by atoms with Crippen molar-refractivity contribution in [2.45, 2.75) is 33.6 Å². The molecule has 2 aromatic heterocycles. The summed E-state index contributed by atoms with van der Waals surface area (Å²) in [5.41, 5.74) is 1.34. The first-order valence-corrected chi connectivity index (χ1v) is 7.03. The van der Waals surface area contributed by atoms with Crippen LogP contribution in [-0.4, -0.2) is 15.2 Å². The van der Waals surface area contributed by atoms with E-state index >= 15 is 0 Å². The maximum atomic E-state index is 13.9. The Balaban J connectivity index is 2.84. The molecule has 0 bridgehead atoms. The molecule has 0 saturated carbocycles. The number of ketones is 1. The molecule has 2 heterocycles. The second kappa shape index (κ2) is 5.04. The Bertz CT molecular complexity index is 646. The molecule has 2 aromatic rings. The monoisotopic (exact) mass is 326 g/mol. The Morgan fingerprint density at radius 1 is 1.37 bits per heavy atom. The fourth-order valence-corrected chi connectivity index (χ4v) is 2.42. The van der Waals surface area contributed by atoms with Crippen LogP contribution in [-0.2, 0) is 0 Å². The lowest BCUT2D eigenvalue weighted by atomic mass is 10.00. The summed E-state index contributed by atoms with van der Waals surface area (Å²) >= 11 is 3.25. The van der Waals surface area contributed by atoms with E-state index in [0.717, 1.165) is 0 Å². The van der Waals surface area contributed by atoms with Crippen molar-refractivity contribution < 1.29 is 9.18 Å². The van der Waals surface area contributed by atoms with Gasteiger partial charge in [0.15, 0.2) is 17.2 Å². The van der Waals surface area contributed by atoms with Gasteiger partial charge in [-0.3, -0.25) is 9.20 Å². The van der Waals surface area contributed by atoms with E-state index < -0.39 is 5.82 Å². The van der Waals surface area contributed by atoms with Gasteiger partial charge in [-0.15, -0.1) is 0 Å². The third-order valence-corrected chi connectivity index (χ3v) is 3.41. The lowest BCUT2D eigenvalue weighted by molar-refractivity contribution is 0.0932. The van der Waals surface area contributed by atoms with E-state index in [1.54, 1.807) is 10.6 Å². The summed E-state index contributed by atoms with van der Waals surface area (Å²) in [6.07, 6.45) is 1.69. The van der Waals surface area contributed by atoms with Crippen LogP contribution in [0.15, 0.2) is 16.7 Å². The number of Topliss-reactive ketones (excluding diaryl/α,β-unsaturated/α-hetero) is 1. The van der Waals surface area contributed by atoms with E-state index in [9.17, 15) is 9.18 Å². The van der Waals surface area contributed by atoms with Gasteiger partial charge in [-0.2, -0.15) is 0 Å². The van der Waals surface area contributed by atoms with Gasteiger partial charge in [0, 0.05) is 16.6 Å². The summed E-state index contributed by atoms with van der Waals surface area (Å²) < 4.78 is 16.1. The SMILES string of the molecule is CC(C)C(=O)c1c(C(C)C)nc2c(F)cc(Br)cn12. The third-order valence-electron chi connectivity index (χ3n) is 2.97. The number of hydrogen-bond acceptors (Lipinski definition) is 2. The van der Waals surface area contributed by atoms with E-state index in [1.807, 2.05) is 27.7 Å². The zero-order valence-electron chi connectivity index (χ0n) is 11.4. The first-order chi connectivity index (χ1) is 8.82. The van der Waals surface area contributed by atoms with Crippen molar-refractivity contribution >= 4 is 27.4 Å². The molecule has 19 heavy (non-hydrogen) atoms. The van der Waals surface area contributed by atoms with E-state index in [2.05, 4.69) is 20.9 Å². The van der Waals surface area contributed by atoms with Crippen LogP contribution in [0, 0.1) is 11.7 Å². The number of rotatable bonds is 3. The van der Waals surface area contributed by atoms with Crippen molar-refractivity contribution in [2.75, 3.05) is 0 Å². The minimum absolute atomic E-state index is 0.0197. The lowest BCUT2D eigenvalue weighted by Gasteiger charge is -2.09. The summed E-state index contributed by atoms with van der Waals surface area (Å²) in [4.78, 5) is 16.7. The first kappa shape index (κ1) is 14.2.